The number of carboxylic acid groups (broad SMARTS) is 1. The SMILES string of the molecule is CC/C=C/C/C=C/C/C=C/C/C=C/C/C=C/CCCCCC(=O)OC(COCCC(C(=O)[O-])[N+](C)(C)C)COC(=O)CCCCCCCCCCCCCCCC. The van der Waals surface area contributed by atoms with E-state index in [1.54, 1.807) is 21.1 Å². The zero-order valence-corrected chi connectivity index (χ0v) is 37.2. The van der Waals surface area contributed by atoms with Crippen LogP contribution < -0.4 is 5.11 Å². The number of carbonyl (C=O) groups is 3. The van der Waals surface area contributed by atoms with E-state index in [0.29, 0.717) is 12.8 Å². The molecule has 0 aromatic carbocycles. The van der Waals surface area contributed by atoms with Crippen LogP contribution in [0, 0.1) is 0 Å². The Kier molecular flexibility index (Phi) is 37.8. The summed E-state index contributed by atoms with van der Waals surface area (Å²) in [6, 6.07) is -0.733. The van der Waals surface area contributed by atoms with Crippen molar-refractivity contribution in [1.29, 1.82) is 0 Å². The van der Waals surface area contributed by atoms with Gasteiger partial charge in [-0.15, -0.1) is 0 Å². The summed E-state index contributed by atoms with van der Waals surface area (Å²) in [5, 5.41) is 11.6. The lowest BCUT2D eigenvalue weighted by atomic mass is 10.0. The maximum absolute atomic E-state index is 12.7. The normalized spacial score (nSPS) is 13.5. The molecule has 0 spiro atoms. The Labute approximate surface area is 349 Å². The van der Waals surface area contributed by atoms with Gasteiger partial charge in [0.05, 0.1) is 40.3 Å². The minimum absolute atomic E-state index is 0.0266. The standard InChI is InChI=1S/C49H85NO7/c1-6-8-10-12-14-16-18-20-22-23-24-25-26-28-30-32-34-36-38-40-48(52)57-45(43-55-42-41-46(49(53)54)50(3,4)5)44-56-47(51)39-37-35-33-31-29-27-21-19-17-15-13-11-9-7-2/h8,10,14,16,20,22,24-25,28,30,45-46H,6-7,9,11-13,15,17-19,21,23,26-27,29,31-44H2,1-5H3/b10-8+,16-14+,22-20+,25-24+,30-28+. The predicted molar refractivity (Wildman–Crippen MR) is 236 cm³/mol. The number of quaternary nitrogens is 1. The van der Waals surface area contributed by atoms with E-state index in [4.69, 9.17) is 14.2 Å². The number of rotatable bonds is 40. The molecular weight excluding hydrogens is 715 g/mol. The summed E-state index contributed by atoms with van der Waals surface area (Å²) >= 11 is 0. The first-order valence-electron chi connectivity index (χ1n) is 22.8. The molecule has 0 saturated heterocycles. The smallest absolute Gasteiger partial charge is 0.306 e. The monoisotopic (exact) mass is 800 g/mol. The van der Waals surface area contributed by atoms with E-state index >= 15 is 0 Å². The molecule has 0 aliphatic carbocycles. The van der Waals surface area contributed by atoms with Crippen LogP contribution in [0.15, 0.2) is 60.8 Å². The Hall–Kier alpha value is -2.97. The van der Waals surface area contributed by atoms with Gasteiger partial charge in [-0.25, -0.2) is 0 Å². The third-order valence-corrected chi connectivity index (χ3v) is 9.92. The highest BCUT2D eigenvalue weighted by Crippen LogP contribution is 2.14. The first kappa shape index (κ1) is 54.0. The summed E-state index contributed by atoms with van der Waals surface area (Å²) in [7, 11) is 5.39. The highest BCUT2D eigenvalue weighted by atomic mass is 16.6. The van der Waals surface area contributed by atoms with Crippen molar-refractivity contribution in [3.8, 4) is 0 Å². The molecule has 0 radical (unpaired) electrons. The Morgan fingerprint density at radius 1 is 0.544 bits per heavy atom. The molecule has 8 nitrogen and oxygen atoms in total. The lowest BCUT2D eigenvalue weighted by Gasteiger charge is -2.34. The summed E-state index contributed by atoms with van der Waals surface area (Å²) in [6.45, 7) is 4.51. The van der Waals surface area contributed by atoms with E-state index < -0.39 is 18.1 Å². The molecule has 0 saturated carbocycles. The molecule has 0 bridgehead atoms. The average Bonchev–Trinajstić information content (AvgIpc) is 3.17. The van der Waals surface area contributed by atoms with Crippen LogP contribution in [0.1, 0.15) is 181 Å². The van der Waals surface area contributed by atoms with Crippen LogP contribution in [-0.4, -0.2) is 75.5 Å². The molecule has 0 rings (SSSR count). The first-order chi connectivity index (χ1) is 27.6. The summed E-state index contributed by atoms with van der Waals surface area (Å²) in [5.74, 6) is -1.78. The van der Waals surface area contributed by atoms with Crippen molar-refractivity contribution in [3.05, 3.63) is 60.8 Å². The minimum Gasteiger partial charge on any atom is -0.544 e. The van der Waals surface area contributed by atoms with Crippen LogP contribution in [-0.2, 0) is 28.6 Å². The zero-order chi connectivity index (χ0) is 42.1. The Bertz CT molecular complexity index is 1120. The number of unbranched alkanes of at least 4 members (excludes halogenated alkanes) is 16. The van der Waals surface area contributed by atoms with Gasteiger partial charge < -0.3 is 28.6 Å². The van der Waals surface area contributed by atoms with E-state index in [1.807, 2.05) is 0 Å². The quantitative estimate of drug-likeness (QED) is 0.0263. The Morgan fingerprint density at radius 2 is 0.982 bits per heavy atom. The maximum Gasteiger partial charge on any atom is 0.306 e. The summed E-state index contributed by atoms with van der Waals surface area (Å²) in [4.78, 5) is 36.9. The van der Waals surface area contributed by atoms with Crippen molar-refractivity contribution in [2.75, 3.05) is 41.0 Å². The van der Waals surface area contributed by atoms with Crippen LogP contribution >= 0.6 is 0 Å². The number of ether oxygens (including phenoxy) is 3. The highest BCUT2D eigenvalue weighted by Gasteiger charge is 2.25. The number of hydrogen-bond acceptors (Lipinski definition) is 7. The fraction of sp³-hybridized carbons (Fsp3) is 0.735. The molecule has 0 fully saturated rings. The summed E-state index contributed by atoms with van der Waals surface area (Å²) in [6.07, 6.45) is 48.1. The fourth-order valence-electron chi connectivity index (χ4n) is 6.39. The number of carboxylic acids is 1. The molecule has 0 N–H and O–H groups in total. The lowest BCUT2D eigenvalue weighted by Crippen LogP contribution is -2.55. The van der Waals surface area contributed by atoms with Crippen LogP contribution in [0.2, 0.25) is 0 Å². The van der Waals surface area contributed by atoms with Gasteiger partial charge in [0.15, 0.2) is 6.10 Å². The number of carbonyl (C=O) groups excluding carboxylic acids is 3. The first-order valence-corrected chi connectivity index (χ1v) is 22.8. The van der Waals surface area contributed by atoms with E-state index in [0.717, 1.165) is 70.6 Å². The third-order valence-electron chi connectivity index (χ3n) is 9.92. The van der Waals surface area contributed by atoms with Crippen molar-refractivity contribution in [1.82, 2.24) is 0 Å². The predicted octanol–water partition coefficient (Wildman–Crippen LogP) is 11.2. The van der Waals surface area contributed by atoms with E-state index in [-0.39, 0.29) is 49.1 Å². The van der Waals surface area contributed by atoms with E-state index in [1.165, 1.54) is 70.6 Å². The van der Waals surface area contributed by atoms with E-state index in [2.05, 4.69) is 74.6 Å². The van der Waals surface area contributed by atoms with Crippen molar-refractivity contribution < 1.29 is 38.2 Å². The van der Waals surface area contributed by atoms with Gasteiger partial charge >= 0.3 is 11.9 Å². The largest absolute Gasteiger partial charge is 0.544 e. The second-order valence-corrected chi connectivity index (χ2v) is 16.3. The maximum atomic E-state index is 12.7. The number of allylic oxidation sites excluding steroid dienone is 10. The van der Waals surface area contributed by atoms with Crippen LogP contribution in [0.25, 0.3) is 0 Å². The van der Waals surface area contributed by atoms with Crippen molar-refractivity contribution >= 4 is 17.9 Å². The molecule has 0 aromatic rings. The molecule has 328 valence electrons. The van der Waals surface area contributed by atoms with Crippen molar-refractivity contribution in [2.45, 2.75) is 193 Å². The van der Waals surface area contributed by atoms with Gasteiger partial charge in [0.25, 0.3) is 0 Å². The molecule has 2 unspecified atom stereocenters. The average molecular weight is 800 g/mol. The van der Waals surface area contributed by atoms with Crippen LogP contribution in [0.3, 0.4) is 0 Å². The van der Waals surface area contributed by atoms with Crippen LogP contribution in [0.4, 0.5) is 0 Å². The molecule has 0 heterocycles. The van der Waals surface area contributed by atoms with Gasteiger partial charge in [-0.1, -0.05) is 164 Å². The Morgan fingerprint density at radius 3 is 1.46 bits per heavy atom. The molecule has 8 heteroatoms. The molecule has 57 heavy (non-hydrogen) atoms. The van der Waals surface area contributed by atoms with Gasteiger partial charge in [-0.3, -0.25) is 9.59 Å². The summed E-state index contributed by atoms with van der Waals surface area (Å²) in [5.41, 5.74) is 0. The zero-order valence-electron chi connectivity index (χ0n) is 37.2. The van der Waals surface area contributed by atoms with Crippen molar-refractivity contribution in [2.24, 2.45) is 0 Å². The number of likely N-dealkylation sites (N-methyl/N-ethyl adjacent to an activating group) is 1. The number of esters is 2. The van der Waals surface area contributed by atoms with Gasteiger partial charge in [-0.2, -0.15) is 0 Å². The van der Waals surface area contributed by atoms with Gasteiger partial charge in [0.2, 0.25) is 0 Å². The van der Waals surface area contributed by atoms with E-state index in [9.17, 15) is 19.5 Å². The molecule has 0 amide bonds. The third kappa shape index (κ3) is 38.3. The molecule has 0 aliphatic rings. The highest BCUT2D eigenvalue weighted by molar-refractivity contribution is 5.70. The van der Waals surface area contributed by atoms with Gasteiger partial charge in [-0.05, 0) is 57.8 Å². The summed E-state index contributed by atoms with van der Waals surface area (Å²) < 4.78 is 17.1. The minimum atomic E-state index is -1.13. The fourth-order valence-corrected chi connectivity index (χ4v) is 6.39. The van der Waals surface area contributed by atoms with Crippen LogP contribution in [0.5, 0.6) is 0 Å². The molecule has 2 atom stereocenters. The molecule has 0 aliphatic heterocycles. The Balaban J connectivity index is 4.40. The lowest BCUT2D eigenvalue weighted by molar-refractivity contribution is -0.889. The number of nitrogens with zero attached hydrogens (tertiary/aromatic N) is 1. The topological polar surface area (TPSA) is 102 Å². The number of hydrogen-bond donors (Lipinski definition) is 0. The second kappa shape index (κ2) is 39.8. The number of aliphatic carboxylic acids is 1. The van der Waals surface area contributed by atoms with Gasteiger partial charge in [0, 0.05) is 19.3 Å². The molecule has 0 aromatic heterocycles. The van der Waals surface area contributed by atoms with Gasteiger partial charge in [0.1, 0.15) is 12.6 Å². The van der Waals surface area contributed by atoms with Crippen molar-refractivity contribution in [3.63, 3.8) is 0 Å². The second-order valence-electron chi connectivity index (χ2n) is 16.3. The molecular formula is C49H85NO7.